The summed E-state index contributed by atoms with van der Waals surface area (Å²) in [5.41, 5.74) is 2.91. The van der Waals surface area contributed by atoms with Gasteiger partial charge in [-0.2, -0.15) is 4.98 Å². The number of hydrogen-bond acceptors (Lipinski definition) is 4. The second-order valence-electron chi connectivity index (χ2n) is 7.87. The summed E-state index contributed by atoms with van der Waals surface area (Å²) in [6.07, 6.45) is 6.16. The van der Waals surface area contributed by atoms with Crippen molar-refractivity contribution in [2.45, 2.75) is 37.6 Å². The number of rotatable bonds is 4. The molecule has 2 aromatic carbocycles. The summed E-state index contributed by atoms with van der Waals surface area (Å²) in [5.74, 6) is 0.809. The average Bonchev–Trinajstić information content (AvgIpc) is 2.80. The molecule has 1 aliphatic rings. The van der Waals surface area contributed by atoms with Crippen molar-refractivity contribution >= 4 is 22.7 Å². The van der Waals surface area contributed by atoms with E-state index in [1.54, 1.807) is 12.3 Å². The third kappa shape index (κ3) is 3.59. The fourth-order valence-electron chi connectivity index (χ4n) is 4.58. The van der Waals surface area contributed by atoms with Crippen molar-refractivity contribution in [3.8, 4) is 0 Å². The van der Waals surface area contributed by atoms with Crippen LogP contribution < -0.4 is 10.9 Å². The predicted octanol–water partition coefficient (Wildman–Crippen LogP) is 5.43. The maximum Gasteiger partial charge on any atom is 0.252 e. The van der Waals surface area contributed by atoms with Crippen molar-refractivity contribution in [3.05, 3.63) is 94.9 Å². The molecule has 2 unspecified atom stereocenters. The number of nitrogens with one attached hydrogen (secondary N) is 1. The van der Waals surface area contributed by atoms with Gasteiger partial charge in [0.15, 0.2) is 0 Å². The highest BCUT2D eigenvalue weighted by atomic mass is 16.1. The molecule has 1 fully saturated rings. The molecule has 0 saturated heterocycles. The molecule has 1 N–H and O–H groups in total. The fourth-order valence-corrected chi connectivity index (χ4v) is 4.58. The molecular weight excluding hydrogens is 372 g/mol. The molecule has 0 spiro atoms. The zero-order valence-corrected chi connectivity index (χ0v) is 16.7. The first-order chi connectivity index (χ1) is 14.8. The lowest BCUT2D eigenvalue weighted by Gasteiger charge is -2.33. The van der Waals surface area contributed by atoms with Crippen LogP contribution in [0.1, 0.15) is 43.2 Å². The lowest BCUT2D eigenvalue weighted by molar-refractivity contribution is 0.305. The highest BCUT2D eigenvalue weighted by molar-refractivity contribution is 5.76. The number of aromatic nitrogens is 3. The first-order valence-electron chi connectivity index (χ1n) is 10.5. The summed E-state index contributed by atoms with van der Waals surface area (Å²) in [6, 6.07) is 24.0. The van der Waals surface area contributed by atoms with Gasteiger partial charge in [0.05, 0.1) is 0 Å². The van der Waals surface area contributed by atoms with Gasteiger partial charge in [0.25, 0.3) is 5.56 Å². The number of hydrogen-bond donors (Lipinski definition) is 1. The first-order valence-corrected chi connectivity index (χ1v) is 10.5. The number of anilines is 2. The molecule has 1 saturated carbocycles. The van der Waals surface area contributed by atoms with Crippen LogP contribution in [-0.2, 0) is 0 Å². The van der Waals surface area contributed by atoms with Crippen molar-refractivity contribution in [1.82, 2.24) is 14.5 Å². The first kappa shape index (κ1) is 18.6. The summed E-state index contributed by atoms with van der Waals surface area (Å²) in [5, 5.41) is 4.13. The average molecular weight is 396 g/mol. The van der Waals surface area contributed by atoms with E-state index >= 15 is 0 Å². The molecule has 150 valence electrons. The zero-order chi connectivity index (χ0) is 20.3. The second kappa shape index (κ2) is 8.11. The maximum absolute atomic E-state index is 13.1. The van der Waals surface area contributed by atoms with Gasteiger partial charge in [-0.15, -0.1) is 0 Å². The van der Waals surface area contributed by atoms with E-state index in [0.29, 0.717) is 17.5 Å². The predicted molar refractivity (Wildman–Crippen MR) is 120 cm³/mol. The highest BCUT2D eigenvalue weighted by Gasteiger charge is 2.29. The molecule has 0 amide bonds. The van der Waals surface area contributed by atoms with Gasteiger partial charge >= 0.3 is 0 Å². The van der Waals surface area contributed by atoms with E-state index in [0.717, 1.165) is 30.3 Å². The standard InChI is InChI=1S/C25H24N4O/c30-23-16-15-19-17-26-25(27-20-11-5-2-6-12-20)28-24(19)29(23)22-14-8-7-13-21(22)18-9-3-1-4-10-18/h1-6,9-12,15-17,21-22H,7-8,13-14H2,(H,26,27,28). The maximum atomic E-state index is 13.1. The summed E-state index contributed by atoms with van der Waals surface area (Å²) in [4.78, 5) is 22.3. The molecule has 5 rings (SSSR count). The van der Waals surface area contributed by atoms with Crippen molar-refractivity contribution < 1.29 is 0 Å². The number of fused-ring (bicyclic) bond motifs is 1. The normalized spacial score (nSPS) is 18.9. The topological polar surface area (TPSA) is 59.8 Å². The Kier molecular flexibility index (Phi) is 5.01. The molecule has 0 radical (unpaired) electrons. The second-order valence-corrected chi connectivity index (χ2v) is 7.87. The molecule has 2 atom stereocenters. The van der Waals surface area contributed by atoms with Crippen LogP contribution >= 0.6 is 0 Å². The minimum atomic E-state index is -0.000285. The Bertz CT molecular complexity index is 1200. The molecule has 4 aromatic rings. The Morgan fingerprint density at radius 3 is 2.40 bits per heavy atom. The number of para-hydroxylation sites is 1. The molecule has 1 aliphatic carbocycles. The van der Waals surface area contributed by atoms with E-state index in [2.05, 4.69) is 34.6 Å². The summed E-state index contributed by atoms with van der Waals surface area (Å²) in [7, 11) is 0. The highest BCUT2D eigenvalue weighted by Crippen LogP contribution is 2.41. The van der Waals surface area contributed by atoms with Gasteiger partial charge in [-0.05, 0) is 36.6 Å². The van der Waals surface area contributed by atoms with E-state index in [1.807, 2.05) is 47.0 Å². The smallest absolute Gasteiger partial charge is 0.252 e. The van der Waals surface area contributed by atoms with Crippen LogP contribution in [0.15, 0.2) is 83.8 Å². The van der Waals surface area contributed by atoms with Gasteiger partial charge < -0.3 is 5.32 Å². The van der Waals surface area contributed by atoms with Gasteiger partial charge in [-0.25, -0.2) is 4.98 Å². The van der Waals surface area contributed by atoms with Crippen LogP contribution in [0.25, 0.3) is 11.0 Å². The zero-order valence-electron chi connectivity index (χ0n) is 16.7. The lowest BCUT2D eigenvalue weighted by Crippen LogP contribution is -2.31. The van der Waals surface area contributed by atoms with Crippen LogP contribution in [0.5, 0.6) is 0 Å². The Balaban J connectivity index is 1.61. The van der Waals surface area contributed by atoms with E-state index in [1.165, 1.54) is 12.0 Å². The van der Waals surface area contributed by atoms with Gasteiger partial charge in [0.1, 0.15) is 5.65 Å². The van der Waals surface area contributed by atoms with Crippen LogP contribution in [-0.4, -0.2) is 14.5 Å². The Morgan fingerprint density at radius 2 is 1.60 bits per heavy atom. The largest absolute Gasteiger partial charge is 0.324 e. The summed E-state index contributed by atoms with van der Waals surface area (Å²) >= 11 is 0. The van der Waals surface area contributed by atoms with E-state index in [4.69, 9.17) is 4.98 Å². The Hall–Kier alpha value is -3.47. The minimum Gasteiger partial charge on any atom is -0.324 e. The lowest BCUT2D eigenvalue weighted by atomic mass is 9.79. The quantitative estimate of drug-likeness (QED) is 0.499. The fraction of sp³-hybridized carbons (Fsp3) is 0.240. The molecule has 2 aromatic heterocycles. The van der Waals surface area contributed by atoms with E-state index in [-0.39, 0.29) is 11.6 Å². The Morgan fingerprint density at radius 1 is 0.867 bits per heavy atom. The van der Waals surface area contributed by atoms with Crippen molar-refractivity contribution in [2.75, 3.05) is 5.32 Å². The van der Waals surface area contributed by atoms with Gasteiger partial charge in [-0.1, -0.05) is 61.4 Å². The van der Waals surface area contributed by atoms with Gasteiger partial charge in [-0.3, -0.25) is 9.36 Å². The van der Waals surface area contributed by atoms with E-state index in [9.17, 15) is 4.79 Å². The monoisotopic (exact) mass is 396 g/mol. The molecule has 0 aliphatic heterocycles. The third-order valence-electron chi connectivity index (χ3n) is 5.99. The van der Waals surface area contributed by atoms with E-state index < -0.39 is 0 Å². The summed E-state index contributed by atoms with van der Waals surface area (Å²) < 4.78 is 1.91. The molecule has 2 heterocycles. The van der Waals surface area contributed by atoms with Gasteiger partial charge in [0, 0.05) is 35.3 Å². The van der Waals surface area contributed by atoms with Crippen LogP contribution in [0.3, 0.4) is 0 Å². The molecule has 0 bridgehead atoms. The molecule has 30 heavy (non-hydrogen) atoms. The van der Waals surface area contributed by atoms with Gasteiger partial charge in [0.2, 0.25) is 5.95 Å². The molecule has 5 heteroatoms. The number of pyridine rings is 1. The number of benzene rings is 2. The van der Waals surface area contributed by atoms with Crippen molar-refractivity contribution in [2.24, 2.45) is 0 Å². The van der Waals surface area contributed by atoms with Crippen LogP contribution in [0.2, 0.25) is 0 Å². The Labute approximate surface area is 175 Å². The van der Waals surface area contributed by atoms with Crippen molar-refractivity contribution in [1.29, 1.82) is 0 Å². The van der Waals surface area contributed by atoms with Crippen LogP contribution in [0, 0.1) is 0 Å². The molecule has 5 nitrogen and oxygen atoms in total. The molecular formula is C25H24N4O. The van der Waals surface area contributed by atoms with Crippen LogP contribution in [0.4, 0.5) is 11.6 Å². The third-order valence-corrected chi connectivity index (χ3v) is 5.99. The number of nitrogens with zero attached hydrogens (tertiary/aromatic N) is 3. The SMILES string of the molecule is O=c1ccc2cnc(Nc3ccccc3)nc2n1C1CCCCC1c1ccccc1. The van der Waals surface area contributed by atoms with Crippen molar-refractivity contribution in [3.63, 3.8) is 0 Å². The minimum absolute atomic E-state index is 0.000285. The summed E-state index contributed by atoms with van der Waals surface area (Å²) in [6.45, 7) is 0.